The van der Waals surface area contributed by atoms with Gasteiger partial charge in [0, 0.05) is 0 Å². The molecule has 66 valence electrons. The van der Waals surface area contributed by atoms with Crippen LogP contribution >= 0.6 is 11.8 Å². The smallest absolute Gasteiger partial charge is 0.230 e. The second-order valence-corrected chi connectivity index (χ2v) is 3.15. The van der Waals surface area contributed by atoms with Gasteiger partial charge in [0.15, 0.2) is 0 Å². The molecule has 1 atom stereocenters. The Hall–Kier alpha value is -0.220. The van der Waals surface area contributed by atoms with E-state index in [4.69, 9.17) is 5.11 Å². The van der Waals surface area contributed by atoms with Crippen LogP contribution in [0.5, 0.6) is 0 Å². The summed E-state index contributed by atoms with van der Waals surface area (Å²) in [5.41, 5.74) is 0. The Morgan fingerprint density at radius 1 is 1.73 bits per heavy atom. The van der Waals surface area contributed by atoms with Gasteiger partial charge in [-0.25, -0.2) is 0 Å². The van der Waals surface area contributed by atoms with Crippen molar-refractivity contribution in [1.82, 2.24) is 5.32 Å². The van der Waals surface area contributed by atoms with Crippen molar-refractivity contribution in [3.05, 3.63) is 0 Å². The number of nitrogens with one attached hydrogen (secondary N) is 1. The molecule has 0 aromatic carbocycles. The minimum absolute atomic E-state index is 0.00148. The highest BCUT2D eigenvalue weighted by atomic mass is 32.2. The fraction of sp³-hybridized carbons (Fsp3) is 0.857. The third-order valence-electron chi connectivity index (χ3n) is 1.35. The molecule has 0 fully saturated rings. The van der Waals surface area contributed by atoms with Crippen molar-refractivity contribution in [2.24, 2.45) is 0 Å². The molecule has 1 amide bonds. The maximum absolute atomic E-state index is 10.9. The van der Waals surface area contributed by atoms with E-state index in [2.05, 4.69) is 5.32 Å². The molecular weight excluding hydrogens is 162 g/mol. The molecule has 0 bridgehead atoms. The number of aliphatic hydroxyl groups excluding tert-OH is 1. The van der Waals surface area contributed by atoms with Crippen LogP contribution in [0.3, 0.4) is 0 Å². The average Bonchev–Trinajstić information content (AvgIpc) is 2.01. The number of carbonyl (C=O) groups is 1. The van der Waals surface area contributed by atoms with Crippen molar-refractivity contribution in [3.63, 3.8) is 0 Å². The molecule has 4 heteroatoms. The first-order valence-electron chi connectivity index (χ1n) is 3.63. The van der Waals surface area contributed by atoms with Gasteiger partial charge in [-0.15, -0.1) is 0 Å². The topological polar surface area (TPSA) is 49.3 Å². The fourth-order valence-corrected chi connectivity index (χ4v) is 1.02. The van der Waals surface area contributed by atoms with Crippen LogP contribution < -0.4 is 5.32 Å². The highest BCUT2D eigenvalue weighted by Gasteiger charge is 2.07. The summed E-state index contributed by atoms with van der Waals surface area (Å²) in [7, 11) is 0. The summed E-state index contributed by atoms with van der Waals surface area (Å²) < 4.78 is 0. The third kappa shape index (κ3) is 5.09. The van der Waals surface area contributed by atoms with E-state index in [1.165, 1.54) is 11.8 Å². The lowest BCUT2D eigenvalue weighted by atomic mass is 10.2. The Morgan fingerprint density at radius 2 is 2.36 bits per heavy atom. The fourth-order valence-electron chi connectivity index (χ4n) is 0.677. The van der Waals surface area contributed by atoms with E-state index in [1.807, 2.05) is 13.2 Å². The van der Waals surface area contributed by atoms with Crippen molar-refractivity contribution in [2.75, 3.05) is 18.6 Å². The Bertz CT molecular complexity index is 115. The van der Waals surface area contributed by atoms with E-state index in [0.717, 1.165) is 6.42 Å². The highest BCUT2D eigenvalue weighted by Crippen LogP contribution is 1.93. The van der Waals surface area contributed by atoms with Crippen LogP contribution in [0.25, 0.3) is 0 Å². The molecular formula is C7H15NO2S. The number of carbonyl (C=O) groups excluding carboxylic acids is 1. The van der Waals surface area contributed by atoms with Crippen molar-refractivity contribution in [3.8, 4) is 0 Å². The number of hydrogen-bond donors (Lipinski definition) is 2. The van der Waals surface area contributed by atoms with Gasteiger partial charge in [0.1, 0.15) is 0 Å². The summed E-state index contributed by atoms with van der Waals surface area (Å²) in [5, 5.41) is 11.4. The molecule has 0 aliphatic rings. The zero-order valence-electron chi connectivity index (χ0n) is 6.96. The Balaban J connectivity index is 3.54. The second kappa shape index (κ2) is 6.49. The van der Waals surface area contributed by atoms with Crippen molar-refractivity contribution in [1.29, 1.82) is 0 Å². The molecule has 0 spiro atoms. The Kier molecular flexibility index (Phi) is 6.36. The zero-order valence-corrected chi connectivity index (χ0v) is 7.78. The molecule has 0 aromatic heterocycles. The first-order valence-corrected chi connectivity index (χ1v) is 5.03. The summed E-state index contributed by atoms with van der Waals surface area (Å²) in [5.74, 6) is 0.467. The van der Waals surface area contributed by atoms with Gasteiger partial charge in [-0.05, 0) is 12.7 Å². The quantitative estimate of drug-likeness (QED) is 0.632. The minimum atomic E-state index is -0.0744. The summed E-state index contributed by atoms with van der Waals surface area (Å²) in [4.78, 5) is 10.9. The number of thioether (sulfide) groups is 1. The van der Waals surface area contributed by atoms with Gasteiger partial charge in [-0.3, -0.25) is 4.79 Å². The van der Waals surface area contributed by atoms with Gasteiger partial charge in [-0.1, -0.05) is 6.92 Å². The lowest BCUT2D eigenvalue weighted by Crippen LogP contribution is -2.37. The van der Waals surface area contributed by atoms with Gasteiger partial charge in [-0.2, -0.15) is 11.8 Å². The molecule has 1 unspecified atom stereocenters. The summed E-state index contributed by atoms with van der Waals surface area (Å²) in [6.45, 7) is 1.96. The molecule has 0 aliphatic heterocycles. The summed E-state index contributed by atoms with van der Waals surface area (Å²) in [6, 6.07) is -0.0744. The molecule has 3 nitrogen and oxygen atoms in total. The van der Waals surface area contributed by atoms with E-state index < -0.39 is 0 Å². The summed E-state index contributed by atoms with van der Waals surface area (Å²) in [6.07, 6.45) is 2.65. The lowest BCUT2D eigenvalue weighted by molar-refractivity contribution is -0.119. The molecule has 0 aliphatic carbocycles. The van der Waals surface area contributed by atoms with Crippen LogP contribution in [0, 0.1) is 0 Å². The first kappa shape index (κ1) is 10.8. The van der Waals surface area contributed by atoms with Crippen LogP contribution in [-0.2, 0) is 4.79 Å². The van der Waals surface area contributed by atoms with Crippen molar-refractivity contribution in [2.45, 2.75) is 19.4 Å². The largest absolute Gasteiger partial charge is 0.394 e. The SMILES string of the molecule is CCC(CO)NC(=O)CSC. The molecule has 0 saturated carbocycles. The minimum Gasteiger partial charge on any atom is -0.394 e. The van der Waals surface area contributed by atoms with Gasteiger partial charge < -0.3 is 10.4 Å². The van der Waals surface area contributed by atoms with Crippen LogP contribution in [0.4, 0.5) is 0 Å². The van der Waals surface area contributed by atoms with Crippen molar-refractivity contribution < 1.29 is 9.90 Å². The molecule has 0 saturated heterocycles. The van der Waals surface area contributed by atoms with E-state index in [1.54, 1.807) is 0 Å². The molecule has 11 heavy (non-hydrogen) atoms. The highest BCUT2D eigenvalue weighted by molar-refractivity contribution is 7.99. The molecule has 2 N–H and O–H groups in total. The van der Waals surface area contributed by atoms with E-state index >= 15 is 0 Å². The van der Waals surface area contributed by atoms with Crippen LogP contribution in [0.15, 0.2) is 0 Å². The van der Waals surface area contributed by atoms with Gasteiger partial charge in [0.25, 0.3) is 0 Å². The summed E-state index contributed by atoms with van der Waals surface area (Å²) >= 11 is 1.48. The van der Waals surface area contributed by atoms with E-state index in [0.29, 0.717) is 5.75 Å². The maximum atomic E-state index is 10.9. The third-order valence-corrected chi connectivity index (χ3v) is 1.90. The maximum Gasteiger partial charge on any atom is 0.230 e. The number of aliphatic hydroxyl groups is 1. The van der Waals surface area contributed by atoms with Gasteiger partial charge in [0.05, 0.1) is 18.4 Å². The second-order valence-electron chi connectivity index (χ2n) is 2.29. The Morgan fingerprint density at radius 3 is 2.73 bits per heavy atom. The standard InChI is InChI=1S/C7H15NO2S/c1-3-6(4-9)8-7(10)5-11-2/h6,9H,3-5H2,1-2H3,(H,8,10). The van der Waals surface area contributed by atoms with Gasteiger partial charge >= 0.3 is 0 Å². The monoisotopic (exact) mass is 177 g/mol. The Labute approximate surface area is 71.6 Å². The van der Waals surface area contributed by atoms with E-state index in [-0.39, 0.29) is 18.6 Å². The van der Waals surface area contributed by atoms with Crippen LogP contribution in [0.2, 0.25) is 0 Å². The van der Waals surface area contributed by atoms with Crippen molar-refractivity contribution >= 4 is 17.7 Å². The molecule has 0 radical (unpaired) electrons. The number of hydrogen-bond acceptors (Lipinski definition) is 3. The van der Waals surface area contributed by atoms with Crippen LogP contribution in [-0.4, -0.2) is 35.7 Å². The first-order chi connectivity index (χ1) is 5.24. The normalized spacial score (nSPS) is 12.6. The van der Waals surface area contributed by atoms with Gasteiger partial charge in [0.2, 0.25) is 5.91 Å². The van der Waals surface area contributed by atoms with Crippen LogP contribution in [0.1, 0.15) is 13.3 Å². The predicted octanol–water partition coefficient (Wildman–Crippen LogP) is 0.236. The van der Waals surface area contributed by atoms with E-state index in [9.17, 15) is 4.79 Å². The zero-order chi connectivity index (χ0) is 8.69. The molecule has 0 heterocycles. The lowest BCUT2D eigenvalue weighted by Gasteiger charge is -2.12. The predicted molar refractivity (Wildman–Crippen MR) is 47.7 cm³/mol. The average molecular weight is 177 g/mol. The molecule has 0 rings (SSSR count). The number of rotatable bonds is 5. The number of amides is 1. The molecule has 0 aromatic rings.